The van der Waals surface area contributed by atoms with E-state index in [0.29, 0.717) is 11.5 Å². The van der Waals surface area contributed by atoms with E-state index in [-0.39, 0.29) is 11.8 Å². The van der Waals surface area contributed by atoms with Gasteiger partial charge in [-0.05, 0) is 42.9 Å². The fourth-order valence-corrected chi connectivity index (χ4v) is 2.93. The van der Waals surface area contributed by atoms with Crippen molar-refractivity contribution in [3.63, 3.8) is 0 Å². The Morgan fingerprint density at radius 2 is 1.63 bits per heavy atom. The minimum Gasteiger partial charge on any atom is -0.339 e. The number of carbonyl (C=O) groups is 2. The van der Waals surface area contributed by atoms with E-state index in [0.717, 1.165) is 44.1 Å². The largest absolute Gasteiger partial charge is 0.339 e. The summed E-state index contributed by atoms with van der Waals surface area (Å²) in [5.74, 6) is 0.358. The van der Waals surface area contributed by atoms with Crippen molar-refractivity contribution in [2.75, 3.05) is 43.4 Å². The highest BCUT2D eigenvalue weighted by Crippen LogP contribution is 2.17. The molecule has 0 atom stereocenters. The van der Waals surface area contributed by atoms with Crippen LogP contribution >= 0.6 is 0 Å². The van der Waals surface area contributed by atoms with Gasteiger partial charge in [0.2, 0.25) is 5.91 Å². The van der Waals surface area contributed by atoms with Gasteiger partial charge >= 0.3 is 0 Å². The molecular weight excluding hydrogens is 344 g/mol. The molecule has 8 nitrogen and oxygen atoms in total. The van der Waals surface area contributed by atoms with Crippen LogP contribution in [0.1, 0.15) is 24.3 Å². The van der Waals surface area contributed by atoms with Crippen LogP contribution in [0.4, 0.5) is 17.2 Å². The summed E-state index contributed by atoms with van der Waals surface area (Å²) in [4.78, 5) is 27.7. The molecule has 1 aliphatic rings. The molecule has 27 heavy (non-hydrogen) atoms. The van der Waals surface area contributed by atoms with Crippen LogP contribution in [0.25, 0.3) is 0 Å². The van der Waals surface area contributed by atoms with E-state index in [1.54, 1.807) is 24.3 Å². The summed E-state index contributed by atoms with van der Waals surface area (Å²) >= 11 is 0. The van der Waals surface area contributed by atoms with Crippen LogP contribution in [-0.4, -0.2) is 64.5 Å². The fraction of sp³-hybridized carbons (Fsp3) is 0.368. The molecular formula is C19H24N6O2. The maximum atomic E-state index is 12.5. The monoisotopic (exact) mass is 368 g/mol. The number of piperazine rings is 1. The number of likely N-dealkylation sites (N-methyl/N-ethyl adjacent to an activating group) is 1. The maximum absolute atomic E-state index is 12.5. The molecule has 1 aliphatic heterocycles. The number of nitrogens with one attached hydrogen (secondary N) is 2. The quantitative estimate of drug-likeness (QED) is 0.838. The van der Waals surface area contributed by atoms with Gasteiger partial charge < -0.3 is 20.4 Å². The van der Waals surface area contributed by atoms with Crippen LogP contribution in [-0.2, 0) is 4.79 Å². The summed E-state index contributed by atoms with van der Waals surface area (Å²) in [6, 6.07) is 10.7. The van der Waals surface area contributed by atoms with Crippen molar-refractivity contribution < 1.29 is 9.59 Å². The van der Waals surface area contributed by atoms with Gasteiger partial charge in [-0.3, -0.25) is 9.59 Å². The zero-order valence-electron chi connectivity index (χ0n) is 15.6. The Balaban J connectivity index is 1.58. The topological polar surface area (TPSA) is 90.5 Å². The molecule has 3 rings (SSSR count). The minimum absolute atomic E-state index is 0.0792. The van der Waals surface area contributed by atoms with E-state index < -0.39 is 0 Å². The van der Waals surface area contributed by atoms with E-state index in [9.17, 15) is 9.59 Å². The number of amides is 2. The van der Waals surface area contributed by atoms with Crippen LogP contribution < -0.4 is 10.6 Å². The average molecular weight is 368 g/mol. The number of benzene rings is 1. The first-order chi connectivity index (χ1) is 13.0. The van der Waals surface area contributed by atoms with E-state index in [2.05, 4.69) is 32.7 Å². The van der Waals surface area contributed by atoms with Crippen LogP contribution in [0.3, 0.4) is 0 Å². The number of hydrogen-bond acceptors (Lipinski definition) is 6. The van der Waals surface area contributed by atoms with Crippen LogP contribution in [0.5, 0.6) is 0 Å². The molecule has 0 aliphatic carbocycles. The molecule has 142 valence electrons. The van der Waals surface area contributed by atoms with Crippen molar-refractivity contribution in [1.29, 1.82) is 0 Å². The lowest BCUT2D eigenvalue weighted by atomic mass is 10.2. The first-order valence-electron chi connectivity index (χ1n) is 9.05. The normalized spacial score (nSPS) is 14.7. The molecule has 1 aromatic heterocycles. The third-order valence-electron chi connectivity index (χ3n) is 4.47. The van der Waals surface area contributed by atoms with Gasteiger partial charge in [-0.25, -0.2) is 0 Å². The van der Waals surface area contributed by atoms with Crippen molar-refractivity contribution in [3.8, 4) is 0 Å². The SMILES string of the molecule is CCN1CCN(C(=O)c2ccc(Nc3ccc(NC(C)=O)cc3)nn2)CC1. The molecule has 1 aromatic carbocycles. The van der Waals surface area contributed by atoms with E-state index in [1.807, 2.05) is 17.0 Å². The zero-order chi connectivity index (χ0) is 19.2. The molecule has 8 heteroatoms. The molecule has 2 aromatic rings. The van der Waals surface area contributed by atoms with Gasteiger partial charge in [-0.2, -0.15) is 0 Å². The van der Waals surface area contributed by atoms with Crippen LogP contribution in [0, 0.1) is 0 Å². The Morgan fingerprint density at radius 1 is 0.963 bits per heavy atom. The molecule has 0 saturated carbocycles. The number of hydrogen-bond donors (Lipinski definition) is 2. The van der Waals surface area contributed by atoms with Gasteiger partial charge in [0.25, 0.3) is 5.91 Å². The lowest BCUT2D eigenvalue weighted by Crippen LogP contribution is -2.48. The van der Waals surface area contributed by atoms with Gasteiger partial charge in [0.05, 0.1) is 0 Å². The highest BCUT2D eigenvalue weighted by Gasteiger charge is 2.22. The number of anilines is 3. The number of carbonyl (C=O) groups excluding carboxylic acids is 2. The molecule has 1 fully saturated rings. The van der Waals surface area contributed by atoms with Gasteiger partial charge in [-0.1, -0.05) is 6.92 Å². The standard InChI is InChI=1S/C19H24N6O2/c1-3-24-10-12-25(13-11-24)19(27)17-8-9-18(23-22-17)21-16-6-4-15(5-7-16)20-14(2)26/h4-9H,3,10-13H2,1-2H3,(H,20,26)(H,21,23). The van der Waals surface area contributed by atoms with Crippen molar-refractivity contribution in [2.24, 2.45) is 0 Å². The first kappa shape index (κ1) is 18.8. The Labute approximate surface area is 158 Å². The van der Waals surface area contributed by atoms with Crippen molar-refractivity contribution in [3.05, 3.63) is 42.1 Å². The maximum Gasteiger partial charge on any atom is 0.274 e. The summed E-state index contributed by atoms with van der Waals surface area (Å²) in [6.07, 6.45) is 0. The lowest BCUT2D eigenvalue weighted by molar-refractivity contribution is -0.114. The van der Waals surface area contributed by atoms with Crippen molar-refractivity contribution >= 4 is 29.0 Å². The van der Waals surface area contributed by atoms with Gasteiger partial charge in [0.1, 0.15) is 0 Å². The fourth-order valence-electron chi connectivity index (χ4n) is 2.93. The smallest absolute Gasteiger partial charge is 0.274 e. The van der Waals surface area contributed by atoms with Gasteiger partial charge in [0.15, 0.2) is 11.5 Å². The minimum atomic E-state index is -0.113. The molecule has 1 saturated heterocycles. The van der Waals surface area contributed by atoms with E-state index >= 15 is 0 Å². The predicted octanol–water partition coefficient (Wildman–Crippen LogP) is 1.96. The third kappa shape index (κ3) is 5.01. The van der Waals surface area contributed by atoms with Crippen LogP contribution in [0.15, 0.2) is 36.4 Å². The number of nitrogens with zero attached hydrogens (tertiary/aromatic N) is 4. The summed E-state index contributed by atoms with van der Waals surface area (Å²) in [5, 5.41) is 14.0. The number of aromatic nitrogens is 2. The average Bonchev–Trinajstić information content (AvgIpc) is 2.69. The van der Waals surface area contributed by atoms with Gasteiger partial charge in [0, 0.05) is 44.5 Å². The Kier molecular flexibility index (Phi) is 5.97. The molecule has 0 spiro atoms. The molecule has 0 radical (unpaired) electrons. The number of rotatable bonds is 5. The Bertz CT molecular complexity index is 783. The molecule has 0 unspecified atom stereocenters. The van der Waals surface area contributed by atoms with Gasteiger partial charge in [-0.15, -0.1) is 10.2 Å². The second-order valence-electron chi connectivity index (χ2n) is 6.41. The summed E-state index contributed by atoms with van der Waals surface area (Å²) in [6.45, 7) is 7.82. The Morgan fingerprint density at radius 3 is 2.19 bits per heavy atom. The zero-order valence-corrected chi connectivity index (χ0v) is 15.6. The lowest BCUT2D eigenvalue weighted by Gasteiger charge is -2.33. The second-order valence-corrected chi connectivity index (χ2v) is 6.41. The van der Waals surface area contributed by atoms with Crippen molar-refractivity contribution in [1.82, 2.24) is 20.0 Å². The second kappa shape index (κ2) is 8.59. The highest BCUT2D eigenvalue weighted by atomic mass is 16.2. The molecule has 2 heterocycles. The predicted molar refractivity (Wildman–Crippen MR) is 104 cm³/mol. The van der Waals surface area contributed by atoms with E-state index in [4.69, 9.17) is 0 Å². The van der Waals surface area contributed by atoms with Crippen molar-refractivity contribution in [2.45, 2.75) is 13.8 Å². The Hall–Kier alpha value is -3.00. The molecule has 2 amide bonds. The first-order valence-corrected chi connectivity index (χ1v) is 9.05. The summed E-state index contributed by atoms with van der Waals surface area (Å²) in [7, 11) is 0. The molecule has 2 N–H and O–H groups in total. The van der Waals surface area contributed by atoms with Crippen LogP contribution in [0.2, 0.25) is 0 Å². The summed E-state index contributed by atoms with van der Waals surface area (Å²) < 4.78 is 0. The molecule has 0 bridgehead atoms. The summed E-state index contributed by atoms with van der Waals surface area (Å²) in [5.41, 5.74) is 1.89. The van der Waals surface area contributed by atoms with E-state index in [1.165, 1.54) is 6.92 Å². The third-order valence-corrected chi connectivity index (χ3v) is 4.47. The highest BCUT2D eigenvalue weighted by molar-refractivity contribution is 5.92.